The number of benzene rings is 3. The monoisotopic (exact) mass is 939 g/mol. The van der Waals surface area contributed by atoms with E-state index in [4.69, 9.17) is 33.1 Å². The Bertz CT molecular complexity index is 2780. The first kappa shape index (κ1) is 48.4. The van der Waals surface area contributed by atoms with Crippen LogP contribution in [0.1, 0.15) is 83.7 Å². The molecule has 364 valence electrons. The standard InChI is InChI=1S/C51H61N3O14/c1-23-11-10-12-24(2)50(62)53-41-45(60)37-36(40-48(41)67-35-21-32(20-33(56)39(35)52-40)64-18-16-54-22-30-13-14-31(54)19-30)38-47(28(6)44(37)59)68-51(8,49(38)61)65-17-15-34(63-9)25(3)46(66-29(7)55)27(5)43(58)26(4)42(23)57/h10-12,15,17,20-21,23,25-27,30-31,34,42-43,46,56-59H,13-14,16,18-19,22H2,1-9H3,(H,53,62)/b11-10+,17-15+,24-12-/t23-,25+,26+,27+,30?,31?,34-,42-,43+,46+,51-/m0/s1. The minimum atomic E-state index is -2.09. The number of nitrogens with one attached hydrogen (secondary N) is 1. The zero-order valence-corrected chi connectivity index (χ0v) is 39.8. The molecule has 4 aliphatic heterocycles. The fourth-order valence-electron chi connectivity index (χ4n) is 10.5. The van der Waals surface area contributed by atoms with Gasteiger partial charge in [0.05, 0.1) is 35.5 Å². The number of hydrogen-bond acceptors (Lipinski definition) is 16. The van der Waals surface area contributed by atoms with E-state index in [9.17, 15) is 39.6 Å². The number of anilines is 1. The number of likely N-dealkylation sites (tertiary alicyclic amines) is 1. The number of carbonyl (C=O) groups excluding carboxylic acids is 3. The summed E-state index contributed by atoms with van der Waals surface area (Å²) in [6.07, 6.45) is 7.05. The quantitative estimate of drug-likeness (QED) is 0.0786. The van der Waals surface area contributed by atoms with Gasteiger partial charge in [-0.1, -0.05) is 45.9 Å². The fraction of sp³-hybridized carbons (Fsp3) is 0.510. The highest BCUT2D eigenvalue weighted by molar-refractivity contribution is 6.22. The lowest BCUT2D eigenvalue weighted by atomic mass is 9.78. The molecule has 2 aromatic rings. The lowest BCUT2D eigenvalue weighted by Gasteiger charge is -2.38. The first-order valence-electron chi connectivity index (χ1n) is 23.2. The number of hydrogen-bond donors (Lipinski definition) is 5. The first-order chi connectivity index (χ1) is 32.2. The molecule has 1 amide bonds. The summed E-state index contributed by atoms with van der Waals surface area (Å²) in [5, 5.41) is 48.5. The molecule has 6 bridgehead atoms. The Hall–Kier alpha value is -6.01. The van der Waals surface area contributed by atoms with Crippen LogP contribution < -0.4 is 20.2 Å². The zero-order valence-electron chi connectivity index (χ0n) is 39.8. The van der Waals surface area contributed by atoms with Gasteiger partial charge in [-0.05, 0) is 45.1 Å². The normalized spacial score (nSPS) is 32.0. The van der Waals surface area contributed by atoms with E-state index in [-0.39, 0.29) is 67.3 Å². The molecule has 1 saturated carbocycles. The van der Waals surface area contributed by atoms with Crippen LogP contribution in [0.25, 0.3) is 33.3 Å². The van der Waals surface area contributed by atoms with Gasteiger partial charge < -0.3 is 53.8 Å². The molecule has 2 aromatic carbocycles. The van der Waals surface area contributed by atoms with Crippen LogP contribution in [0.5, 0.6) is 23.0 Å². The van der Waals surface area contributed by atoms with E-state index >= 15 is 0 Å². The van der Waals surface area contributed by atoms with Gasteiger partial charge in [0.1, 0.15) is 52.6 Å². The van der Waals surface area contributed by atoms with Crippen LogP contribution in [0.4, 0.5) is 5.69 Å². The summed E-state index contributed by atoms with van der Waals surface area (Å²) < 4.78 is 36.4. The third-order valence-electron chi connectivity index (χ3n) is 14.6. The molecule has 17 heteroatoms. The average Bonchev–Trinajstić information content (AvgIpc) is 4.01. The molecule has 0 spiro atoms. The van der Waals surface area contributed by atoms with Gasteiger partial charge in [-0.25, -0.2) is 4.98 Å². The van der Waals surface area contributed by atoms with Crippen LogP contribution in [0.3, 0.4) is 0 Å². The Morgan fingerprint density at radius 3 is 2.43 bits per heavy atom. The van der Waals surface area contributed by atoms with Crippen molar-refractivity contribution in [3.63, 3.8) is 0 Å². The van der Waals surface area contributed by atoms with E-state index in [0.29, 0.717) is 25.1 Å². The van der Waals surface area contributed by atoms with E-state index in [1.807, 2.05) is 0 Å². The predicted octanol–water partition coefficient (Wildman–Crippen LogP) is 6.52. The number of aliphatic hydroxyl groups excluding tert-OH is 2. The number of Topliss-reactive ketones (excluding diaryl/α,β-unsaturated/α-hetero) is 1. The molecule has 0 aromatic heterocycles. The summed E-state index contributed by atoms with van der Waals surface area (Å²) >= 11 is 0. The van der Waals surface area contributed by atoms with Crippen LogP contribution in [0, 0.1) is 36.5 Å². The van der Waals surface area contributed by atoms with Crippen LogP contribution >= 0.6 is 0 Å². The van der Waals surface area contributed by atoms with Crippen LogP contribution in [-0.4, -0.2) is 111 Å². The van der Waals surface area contributed by atoms with E-state index < -0.39 is 88.4 Å². The largest absolute Gasteiger partial charge is 0.507 e. The number of aromatic hydroxyl groups is 2. The van der Waals surface area contributed by atoms with Gasteiger partial charge in [0.25, 0.3) is 11.7 Å². The van der Waals surface area contributed by atoms with Gasteiger partial charge in [0, 0.05) is 92.4 Å². The molecule has 4 heterocycles. The number of nitrogens with zero attached hydrogens (tertiary/aromatic N) is 2. The Labute approximate surface area is 393 Å². The zero-order chi connectivity index (χ0) is 49.1. The average molecular weight is 940 g/mol. The number of piperidine rings is 1. The third-order valence-corrected chi connectivity index (χ3v) is 14.6. The molecule has 68 heavy (non-hydrogen) atoms. The number of phenols is 2. The number of ketones is 1. The molecule has 1 saturated heterocycles. The van der Waals surface area contributed by atoms with Crippen molar-refractivity contribution in [2.45, 2.75) is 111 Å². The molecule has 6 aliphatic rings. The van der Waals surface area contributed by atoms with Gasteiger partial charge in [-0.15, -0.1) is 0 Å². The molecular weight excluding hydrogens is 879 g/mol. The summed E-state index contributed by atoms with van der Waals surface area (Å²) in [5.41, 5.74) is -1.54. The summed E-state index contributed by atoms with van der Waals surface area (Å²) in [7, 11) is 1.43. The maximum Gasteiger partial charge on any atom is 0.312 e. The number of methoxy groups -OCH3 is 1. The lowest BCUT2D eigenvalue weighted by Crippen LogP contribution is -2.46. The van der Waals surface area contributed by atoms with E-state index in [1.54, 1.807) is 39.8 Å². The Kier molecular flexibility index (Phi) is 13.4. The maximum atomic E-state index is 14.8. The van der Waals surface area contributed by atoms with E-state index in [1.165, 1.54) is 84.6 Å². The Morgan fingerprint density at radius 2 is 1.75 bits per heavy atom. The van der Waals surface area contributed by atoms with Crippen molar-refractivity contribution in [1.82, 2.24) is 9.88 Å². The maximum absolute atomic E-state index is 14.8. The van der Waals surface area contributed by atoms with Gasteiger partial charge in [-0.2, -0.15) is 0 Å². The van der Waals surface area contributed by atoms with Crippen molar-refractivity contribution in [1.29, 1.82) is 0 Å². The lowest BCUT2D eigenvalue weighted by molar-refractivity contribution is -0.160. The Balaban J connectivity index is 1.27. The number of phenolic OH excluding ortho intramolecular Hbond substituents is 2. The number of carbonyl (C=O) groups is 3. The van der Waals surface area contributed by atoms with Gasteiger partial charge in [-0.3, -0.25) is 24.1 Å². The second-order valence-corrected chi connectivity index (χ2v) is 19.2. The van der Waals surface area contributed by atoms with Crippen molar-refractivity contribution in [3.05, 3.63) is 69.6 Å². The van der Waals surface area contributed by atoms with Crippen molar-refractivity contribution in [3.8, 4) is 34.5 Å². The van der Waals surface area contributed by atoms with Gasteiger partial charge in [0.15, 0.2) is 11.3 Å². The number of amides is 1. The van der Waals surface area contributed by atoms with Crippen molar-refractivity contribution in [2.24, 2.45) is 29.6 Å². The third kappa shape index (κ3) is 8.69. The van der Waals surface area contributed by atoms with E-state index in [0.717, 1.165) is 6.54 Å². The SMILES string of the molecule is CO[C@H]1/C=C/O[C@@]2(C)Oc3c(C)c(O)c4c(=O)c(c5oc6cc(OCCN7CC8CCC7C8)cc(O)c6nc-5c4c3C2=O)NC(=O)/C(C)=C\C=C\[C@H](C)[C@H](O)[C@@H](C)[C@@H](O)[C@@H](C)[C@H](OC(C)=O)[C@@H]1C. The number of rotatable bonds is 6. The first-order valence-corrected chi connectivity index (χ1v) is 23.2. The number of aromatic nitrogens is 1. The molecule has 2 aliphatic carbocycles. The molecule has 2 fully saturated rings. The highest BCUT2D eigenvalue weighted by atomic mass is 16.7. The van der Waals surface area contributed by atoms with Crippen LogP contribution in [-0.2, 0) is 23.8 Å². The highest BCUT2D eigenvalue weighted by Gasteiger charge is 2.50. The smallest absolute Gasteiger partial charge is 0.312 e. The second kappa shape index (κ2) is 18.8. The molecule has 11 atom stereocenters. The summed E-state index contributed by atoms with van der Waals surface area (Å²) in [4.78, 5) is 63.3. The molecule has 2 unspecified atom stereocenters. The van der Waals surface area contributed by atoms with Crippen molar-refractivity contribution < 1.29 is 62.9 Å². The summed E-state index contributed by atoms with van der Waals surface area (Å²) in [5.74, 6) is -7.02. The number of aliphatic hydroxyl groups is 2. The minimum Gasteiger partial charge on any atom is -0.507 e. The topological polar surface area (TPSA) is 237 Å². The molecule has 5 N–H and O–H groups in total. The van der Waals surface area contributed by atoms with Crippen molar-refractivity contribution in [2.75, 3.05) is 32.1 Å². The minimum absolute atomic E-state index is 0.00153. The van der Waals surface area contributed by atoms with E-state index in [2.05, 4.69) is 10.2 Å². The molecular formula is C51H61N3O14. The summed E-state index contributed by atoms with van der Waals surface area (Å²) in [6, 6.07) is 3.46. The van der Waals surface area contributed by atoms with Crippen LogP contribution in [0.2, 0.25) is 0 Å². The number of fused-ring (bicyclic) bond motifs is 4. The molecule has 17 nitrogen and oxygen atoms in total. The number of allylic oxidation sites excluding steroid dienone is 2. The molecule has 8 rings (SSSR count). The summed E-state index contributed by atoms with van der Waals surface area (Å²) in [6.45, 7) is 14.6. The Morgan fingerprint density at radius 1 is 1.00 bits per heavy atom. The second-order valence-electron chi connectivity index (χ2n) is 19.2. The van der Waals surface area contributed by atoms with Gasteiger partial charge >= 0.3 is 11.8 Å². The predicted molar refractivity (Wildman–Crippen MR) is 251 cm³/mol. The number of esters is 1. The molecule has 0 radical (unpaired) electrons. The van der Waals surface area contributed by atoms with Crippen LogP contribution in [0.15, 0.2) is 57.5 Å². The fourth-order valence-corrected chi connectivity index (χ4v) is 10.5. The van der Waals surface area contributed by atoms with Crippen molar-refractivity contribution >= 4 is 45.2 Å². The number of ether oxygens (including phenoxy) is 5. The van der Waals surface area contributed by atoms with Gasteiger partial charge in [0.2, 0.25) is 5.43 Å². The highest BCUT2D eigenvalue weighted by Crippen LogP contribution is 2.51.